The number of ether oxygens (including phenoxy) is 1. The fourth-order valence-electron chi connectivity index (χ4n) is 1.47. The van der Waals surface area contributed by atoms with E-state index in [2.05, 4.69) is 12.2 Å². The molecule has 0 saturated carbocycles. The zero-order chi connectivity index (χ0) is 12.5. The van der Waals surface area contributed by atoms with Gasteiger partial charge in [0.15, 0.2) is 0 Å². The maximum Gasteiger partial charge on any atom is 0.124 e. The van der Waals surface area contributed by atoms with E-state index < -0.39 is 0 Å². The van der Waals surface area contributed by atoms with Crippen LogP contribution < -0.4 is 5.32 Å². The van der Waals surface area contributed by atoms with E-state index in [1.54, 1.807) is 23.9 Å². The van der Waals surface area contributed by atoms with Crippen LogP contribution >= 0.6 is 11.8 Å². The van der Waals surface area contributed by atoms with Crippen LogP contribution in [0.25, 0.3) is 0 Å². The summed E-state index contributed by atoms with van der Waals surface area (Å²) in [6.45, 7) is 6.41. The van der Waals surface area contributed by atoms with E-state index in [1.807, 2.05) is 13.0 Å². The van der Waals surface area contributed by atoms with Gasteiger partial charge in [0, 0.05) is 23.3 Å². The summed E-state index contributed by atoms with van der Waals surface area (Å²) in [6, 6.07) is 7.01. The molecular formula is C13H20FNOS. The fraction of sp³-hybridized carbons (Fsp3) is 0.538. The SMILES string of the molecule is CCNC(COCC)CSc1cccc(F)c1. The zero-order valence-electron chi connectivity index (χ0n) is 10.4. The van der Waals surface area contributed by atoms with Gasteiger partial charge in [-0.1, -0.05) is 13.0 Å². The molecule has 0 spiro atoms. The second kappa shape index (κ2) is 8.50. The Morgan fingerprint density at radius 3 is 2.88 bits per heavy atom. The summed E-state index contributed by atoms with van der Waals surface area (Å²) in [5, 5.41) is 3.36. The molecule has 1 rings (SSSR count). The van der Waals surface area contributed by atoms with Crippen molar-refractivity contribution in [3.05, 3.63) is 30.1 Å². The van der Waals surface area contributed by atoms with Crippen LogP contribution in [-0.4, -0.2) is 31.6 Å². The molecule has 0 fully saturated rings. The van der Waals surface area contributed by atoms with Gasteiger partial charge in [-0.25, -0.2) is 4.39 Å². The van der Waals surface area contributed by atoms with E-state index in [4.69, 9.17) is 4.74 Å². The average Bonchev–Trinajstić information content (AvgIpc) is 2.33. The highest BCUT2D eigenvalue weighted by Crippen LogP contribution is 2.19. The minimum absolute atomic E-state index is 0.181. The maximum atomic E-state index is 13.0. The van der Waals surface area contributed by atoms with Crippen LogP contribution in [0.1, 0.15) is 13.8 Å². The number of likely N-dealkylation sites (N-methyl/N-ethyl adjacent to an activating group) is 1. The Morgan fingerprint density at radius 2 is 2.24 bits per heavy atom. The van der Waals surface area contributed by atoms with E-state index in [1.165, 1.54) is 6.07 Å². The molecule has 0 aliphatic carbocycles. The second-order valence-corrected chi connectivity index (χ2v) is 4.78. The molecule has 0 bridgehead atoms. The lowest BCUT2D eigenvalue weighted by molar-refractivity contribution is 0.129. The minimum Gasteiger partial charge on any atom is -0.380 e. The lowest BCUT2D eigenvalue weighted by Gasteiger charge is -2.17. The minimum atomic E-state index is -0.181. The lowest BCUT2D eigenvalue weighted by Crippen LogP contribution is -2.35. The monoisotopic (exact) mass is 257 g/mol. The van der Waals surface area contributed by atoms with Crippen molar-refractivity contribution in [3.8, 4) is 0 Å². The molecule has 0 amide bonds. The summed E-state index contributed by atoms with van der Waals surface area (Å²) in [4.78, 5) is 0.962. The molecular weight excluding hydrogens is 237 g/mol. The van der Waals surface area contributed by atoms with Gasteiger partial charge >= 0.3 is 0 Å². The Morgan fingerprint density at radius 1 is 1.41 bits per heavy atom. The molecule has 0 radical (unpaired) electrons. The van der Waals surface area contributed by atoms with Crippen LogP contribution in [0.15, 0.2) is 29.2 Å². The third-order valence-electron chi connectivity index (χ3n) is 2.26. The first kappa shape index (κ1) is 14.5. The largest absolute Gasteiger partial charge is 0.380 e. The summed E-state index contributed by atoms with van der Waals surface area (Å²) in [5.41, 5.74) is 0. The molecule has 0 aliphatic rings. The number of rotatable bonds is 8. The van der Waals surface area contributed by atoms with Gasteiger partial charge < -0.3 is 10.1 Å². The van der Waals surface area contributed by atoms with E-state index in [-0.39, 0.29) is 5.82 Å². The highest BCUT2D eigenvalue weighted by molar-refractivity contribution is 7.99. The molecule has 4 heteroatoms. The van der Waals surface area contributed by atoms with Crippen LogP contribution in [0.2, 0.25) is 0 Å². The van der Waals surface area contributed by atoms with E-state index in [9.17, 15) is 4.39 Å². The van der Waals surface area contributed by atoms with Crippen LogP contribution in [0.3, 0.4) is 0 Å². The molecule has 96 valence electrons. The predicted molar refractivity (Wildman–Crippen MR) is 71.1 cm³/mol. The van der Waals surface area contributed by atoms with Gasteiger partial charge in [0.2, 0.25) is 0 Å². The van der Waals surface area contributed by atoms with E-state index in [0.717, 1.165) is 23.8 Å². The maximum absolute atomic E-state index is 13.0. The molecule has 1 N–H and O–H groups in total. The number of thioether (sulfide) groups is 1. The molecule has 1 atom stereocenters. The topological polar surface area (TPSA) is 21.3 Å². The van der Waals surface area contributed by atoms with Crippen molar-refractivity contribution < 1.29 is 9.13 Å². The van der Waals surface area contributed by atoms with Crippen molar-refractivity contribution in [1.29, 1.82) is 0 Å². The van der Waals surface area contributed by atoms with E-state index >= 15 is 0 Å². The molecule has 0 aliphatic heterocycles. The first-order valence-electron chi connectivity index (χ1n) is 5.95. The van der Waals surface area contributed by atoms with Crippen molar-refractivity contribution in [2.24, 2.45) is 0 Å². The summed E-state index contributed by atoms with van der Waals surface area (Å²) >= 11 is 1.65. The van der Waals surface area contributed by atoms with Crippen molar-refractivity contribution in [2.75, 3.05) is 25.5 Å². The molecule has 0 heterocycles. The molecule has 2 nitrogen and oxygen atoms in total. The van der Waals surface area contributed by atoms with Crippen molar-refractivity contribution in [2.45, 2.75) is 24.8 Å². The molecule has 0 saturated heterocycles. The van der Waals surface area contributed by atoms with Gasteiger partial charge in [0.25, 0.3) is 0 Å². The summed E-state index contributed by atoms with van der Waals surface area (Å²) in [5.74, 6) is 0.705. The number of benzene rings is 1. The van der Waals surface area contributed by atoms with Crippen LogP contribution in [0.5, 0.6) is 0 Å². The van der Waals surface area contributed by atoms with Crippen LogP contribution in [-0.2, 0) is 4.74 Å². The van der Waals surface area contributed by atoms with Crippen LogP contribution in [0.4, 0.5) is 4.39 Å². The highest BCUT2D eigenvalue weighted by atomic mass is 32.2. The van der Waals surface area contributed by atoms with Crippen LogP contribution in [0, 0.1) is 5.82 Å². The number of hydrogen-bond donors (Lipinski definition) is 1. The number of hydrogen-bond acceptors (Lipinski definition) is 3. The van der Waals surface area contributed by atoms with Gasteiger partial charge in [-0.05, 0) is 31.7 Å². The normalized spacial score (nSPS) is 12.6. The average molecular weight is 257 g/mol. The van der Waals surface area contributed by atoms with Gasteiger partial charge in [0.1, 0.15) is 5.82 Å². The molecule has 1 aromatic rings. The number of nitrogens with one attached hydrogen (secondary N) is 1. The highest BCUT2D eigenvalue weighted by Gasteiger charge is 2.08. The summed E-state index contributed by atoms with van der Waals surface area (Å²) < 4.78 is 18.4. The van der Waals surface area contributed by atoms with Crippen molar-refractivity contribution in [3.63, 3.8) is 0 Å². The predicted octanol–water partition coefficient (Wildman–Crippen LogP) is 2.93. The Bertz CT molecular complexity index is 322. The fourth-order valence-corrected chi connectivity index (χ4v) is 2.45. The Balaban J connectivity index is 2.39. The van der Waals surface area contributed by atoms with E-state index in [0.29, 0.717) is 12.6 Å². The smallest absolute Gasteiger partial charge is 0.124 e. The lowest BCUT2D eigenvalue weighted by atomic mass is 10.3. The quantitative estimate of drug-likeness (QED) is 0.724. The third-order valence-corrected chi connectivity index (χ3v) is 3.42. The Kier molecular flexibility index (Phi) is 7.24. The number of halogens is 1. The molecule has 1 unspecified atom stereocenters. The van der Waals surface area contributed by atoms with Crippen molar-refractivity contribution >= 4 is 11.8 Å². The first-order chi connectivity index (χ1) is 8.26. The zero-order valence-corrected chi connectivity index (χ0v) is 11.2. The third kappa shape index (κ3) is 6.05. The van der Waals surface area contributed by atoms with Gasteiger partial charge in [-0.3, -0.25) is 0 Å². The Hall–Kier alpha value is -0.580. The summed E-state index contributed by atoms with van der Waals surface area (Å²) in [7, 11) is 0. The first-order valence-corrected chi connectivity index (χ1v) is 6.94. The molecule has 17 heavy (non-hydrogen) atoms. The standard InChI is InChI=1S/C13H20FNOS/c1-3-15-12(9-16-4-2)10-17-13-7-5-6-11(14)8-13/h5-8,12,15H,3-4,9-10H2,1-2H3. The van der Waals surface area contributed by atoms with Gasteiger partial charge in [0.05, 0.1) is 6.61 Å². The van der Waals surface area contributed by atoms with Gasteiger partial charge in [-0.15, -0.1) is 11.8 Å². The van der Waals surface area contributed by atoms with Crippen molar-refractivity contribution in [1.82, 2.24) is 5.32 Å². The second-order valence-electron chi connectivity index (χ2n) is 3.68. The van der Waals surface area contributed by atoms with Gasteiger partial charge in [-0.2, -0.15) is 0 Å². The molecule has 1 aromatic carbocycles. The molecule has 0 aromatic heterocycles. The Labute approximate surface area is 107 Å². The summed E-state index contributed by atoms with van der Waals surface area (Å²) in [6.07, 6.45) is 0.